The first-order valence-corrected chi connectivity index (χ1v) is 9.01. The zero-order chi connectivity index (χ0) is 16.6. The number of piperidine rings is 1. The molecule has 0 aromatic heterocycles. The van der Waals surface area contributed by atoms with E-state index < -0.39 is 0 Å². The van der Waals surface area contributed by atoms with Crippen LogP contribution in [-0.2, 0) is 6.42 Å². The van der Waals surface area contributed by atoms with Crippen molar-refractivity contribution in [2.75, 3.05) is 26.2 Å². The fourth-order valence-corrected chi connectivity index (χ4v) is 3.25. The number of benzene rings is 2. The molecule has 1 aliphatic rings. The predicted molar refractivity (Wildman–Crippen MR) is 99.1 cm³/mol. The highest BCUT2D eigenvalue weighted by molar-refractivity contribution is 5.26. The molecule has 2 aromatic carbocycles. The monoisotopic (exact) mass is 324 g/mol. The minimum atomic E-state index is 0.701. The van der Waals surface area contributed by atoms with Gasteiger partial charge in [-0.05, 0) is 49.8 Å². The number of aryl methyl sites for hydroxylation is 1. The molecule has 24 heavy (non-hydrogen) atoms. The summed E-state index contributed by atoms with van der Waals surface area (Å²) in [6.07, 6.45) is 3.74. The average Bonchev–Trinajstić information content (AvgIpc) is 2.62. The Balaban J connectivity index is 1.30. The number of nitrogens with one attached hydrogen (secondary N) is 1. The second kappa shape index (κ2) is 8.86. The molecule has 3 nitrogen and oxygen atoms in total. The Kier molecular flexibility index (Phi) is 6.27. The van der Waals surface area contributed by atoms with Gasteiger partial charge >= 0.3 is 0 Å². The quantitative estimate of drug-likeness (QED) is 0.783. The van der Waals surface area contributed by atoms with Crippen LogP contribution in [0.25, 0.3) is 0 Å². The zero-order valence-corrected chi connectivity index (χ0v) is 14.6. The van der Waals surface area contributed by atoms with Crippen molar-refractivity contribution in [3.8, 4) is 5.75 Å². The maximum Gasteiger partial charge on any atom is 0.119 e. The van der Waals surface area contributed by atoms with E-state index in [2.05, 4.69) is 59.8 Å². The van der Waals surface area contributed by atoms with Crippen molar-refractivity contribution in [3.05, 3.63) is 65.7 Å². The Bertz CT molecular complexity index is 589. The first kappa shape index (κ1) is 17.0. The van der Waals surface area contributed by atoms with E-state index >= 15 is 0 Å². The van der Waals surface area contributed by atoms with Crippen LogP contribution >= 0.6 is 0 Å². The summed E-state index contributed by atoms with van der Waals surface area (Å²) in [6.45, 7) is 5.90. The normalized spacial score (nSPS) is 16.2. The molecule has 1 aliphatic heterocycles. The molecule has 0 atom stereocenters. The largest absolute Gasteiger partial charge is 0.492 e. The Morgan fingerprint density at radius 2 is 1.71 bits per heavy atom. The first-order chi connectivity index (χ1) is 11.8. The molecule has 0 aliphatic carbocycles. The molecule has 0 amide bonds. The maximum atomic E-state index is 5.76. The fourth-order valence-electron chi connectivity index (χ4n) is 3.25. The minimum Gasteiger partial charge on any atom is -0.492 e. The minimum absolute atomic E-state index is 0.701. The van der Waals surface area contributed by atoms with Gasteiger partial charge in [-0.25, -0.2) is 5.01 Å². The van der Waals surface area contributed by atoms with Crippen molar-refractivity contribution in [2.24, 2.45) is 5.92 Å². The highest BCUT2D eigenvalue weighted by atomic mass is 16.5. The van der Waals surface area contributed by atoms with Crippen LogP contribution in [0.1, 0.15) is 24.0 Å². The lowest BCUT2D eigenvalue weighted by atomic mass is 9.91. The molecule has 0 radical (unpaired) electrons. The van der Waals surface area contributed by atoms with Crippen LogP contribution in [0, 0.1) is 12.8 Å². The van der Waals surface area contributed by atoms with Crippen LogP contribution in [0.5, 0.6) is 5.75 Å². The van der Waals surface area contributed by atoms with Gasteiger partial charge in [0.1, 0.15) is 12.4 Å². The van der Waals surface area contributed by atoms with E-state index in [0.717, 1.165) is 31.3 Å². The summed E-state index contributed by atoms with van der Waals surface area (Å²) < 4.78 is 5.76. The third-order valence-corrected chi connectivity index (χ3v) is 4.71. The smallest absolute Gasteiger partial charge is 0.119 e. The summed E-state index contributed by atoms with van der Waals surface area (Å²) in [7, 11) is 0. The molecule has 1 fully saturated rings. The van der Waals surface area contributed by atoms with Gasteiger partial charge in [0.15, 0.2) is 0 Å². The molecule has 2 aromatic rings. The summed E-state index contributed by atoms with van der Waals surface area (Å²) in [5.74, 6) is 1.76. The lowest BCUT2D eigenvalue weighted by Crippen LogP contribution is -2.45. The van der Waals surface area contributed by atoms with Gasteiger partial charge in [-0.1, -0.05) is 48.0 Å². The summed E-state index contributed by atoms with van der Waals surface area (Å²) >= 11 is 0. The molecule has 0 saturated carbocycles. The van der Waals surface area contributed by atoms with Gasteiger partial charge in [-0.2, -0.15) is 0 Å². The molecule has 3 rings (SSSR count). The Morgan fingerprint density at radius 3 is 2.42 bits per heavy atom. The van der Waals surface area contributed by atoms with Crippen LogP contribution in [0.3, 0.4) is 0 Å². The molecule has 0 bridgehead atoms. The standard InChI is InChI=1S/C21H28N2O/c1-18-7-9-21(10-8-18)24-16-13-22-23-14-11-20(12-15-23)17-19-5-3-2-4-6-19/h2-10,20,22H,11-17H2,1H3. The van der Waals surface area contributed by atoms with Gasteiger partial charge in [-0.15, -0.1) is 0 Å². The van der Waals surface area contributed by atoms with Crippen molar-refractivity contribution in [1.82, 2.24) is 10.4 Å². The topological polar surface area (TPSA) is 24.5 Å². The summed E-state index contributed by atoms with van der Waals surface area (Å²) in [4.78, 5) is 0. The Labute approximate surface area is 145 Å². The SMILES string of the molecule is Cc1ccc(OCCNN2CCC(Cc3ccccc3)CC2)cc1. The third-order valence-electron chi connectivity index (χ3n) is 4.71. The Hall–Kier alpha value is -1.84. The van der Waals surface area contributed by atoms with Crippen molar-refractivity contribution in [3.63, 3.8) is 0 Å². The zero-order valence-electron chi connectivity index (χ0n) is 14.6. The second-order valence-corrected chi connectivity index (χ2v) is 6.69. The molecule has 1 N–H and O–H groups in total. The number of nitrogens with zero attached hydrogens (tertiary/aromatic N) is 1. The van der Waals surface area contributed by atoms with Crippen molar-refractivity contribution < 1.29 is 4.74 Å². The van der Waals surface area contributed by atoms with E-state index in [1.54, 1.807) is 0 Å². The average molecular weight is 324 g/mol. The third kappa shape index (κ3) is 5.36. The van der Waals surface area contributed by atoms with E-state index in [4.69, 9.17) is 4.74 Å². The molecule has 1 saturated heterocycles. The van der Waals surface area contributed by atoms with Crippen molar-refractivity contribution >= 4 is 0 Å². The molecule has 1 heterocycles. The number of rotatable bonds is 7. The maximum absolute atomic E-state index is 5.76. The van der Waals surface area contributed by atoms with Crippen molar-refractivity contribution in [2.45, 2.75) is 26.2 Å². The number of hydrogen-bond donors (Lipinski definition) is 1. The Morgan fingerprint density at radius 1 is 1.00 bits per heavy atom. The van der Waals surface area contributed by atoms with Crippen LogP contribution in [0.2, 0.25) is 0 Å². The number of hydrogen-bond acceptors (Lipinski definition) is 3. The molecule has 128 valence electrons. The van der Waals surface area contributed by atoms with Gasteiger partial charge in [-0.3, -0.25) is 5.43 Å². The summed E-state index contributed by atoms with van der Waals surface area (Å²) in [6, 6.07) is 19.1. The van der Waals surface area contributed by atoms with Crippen LogP contribution in [0.4, 0.5) is 0 Å². The van der Waals surface area contributed by atoms with Gasteiger partial charge < -0.3 is 4.74 Å². The highest BCUT2D eigenvalue weighted by Crippen LogP contribution is 2.20. The highest BCUT2D eigenvalue weighted by Gasteiger charge is 2.18. The van der Waals surface area contributed by atoms with Gasteiger partial charge in [0.25, 0.3) is 0 Å². The van der Waals surface area contributed by atoms with E-state index in [1.807, 2.05) is 12.1 Å². The van der Waals surface area contributed by atoms with E-state index in [9.17, 15) is 0 Å². The molecular weight excluding hydrogens is 296 g/mol. The van der Waals surface area contributed by atoms with Crippen LogP contribution < -0.4 is 10.2 Å². The first-order valence-electron chi connectivity index (χ1n) is 9.01. The van der Waals surface area contributed by atoms with Crippen molar-refractivity contribution in [1.29, 1.82) is 0 Å². The molecule has 0 unspecified atom stereocenters. The summed E-state index contributed by atoms with van der Waals surface area (Å²) in [5.41, 5.74) is 6.23. The molecule has 0 spiro atoms. The van der Waals surface area contributed by atoms with Gasteiger partial charge in [0.2, 0.25) is 0 Å². The van der Waals surface area contributed by atoms with Gasteiger partial charge in [0, 0.05) is 19.6 Å². The van der Waals surface area contributed by atoms with Crippen LogP contribution in [-0.4, -0.2) is 31.3 Å². The van der Waals surface area contributed by atoms with E-state index in [0.29, 0.717) is 6.61 Å². The summed E-state index contributed by atoms with van der Waals surface area (Å²) in [5, 5.41) is 2.35. The predicted octanol–water partition coefficient (Wildman–Crippen LogP) is 3.83. The van der Waals surface area contributed by atoms with E-state index in [-0.39, 0.29) is 0 Å². The molecule has 3 heteroatoms. The van der Waals surface area contributed by atoms with Crippen LogP contribution in [0.15, 0.2) is 54.6 Å². The van der Waals surface area contributed by atoms with E-state index in [1.165, 1.54) is 30.4 Å². The lowest BCUT2D eigenvalue weighted by molar-refractivity contribution is 0.115. The fraction of sp³-hybridized carbons (Fsp3) is 0.429. The lowest BCUT2D eigenvalue weighted by Gasteiger charge is -2.32. The second-order valence-electron chi connectivity index (χ2n) is 6.69. The number of hydrazine groups is 1. The van der Waals surface area contributed by atoms with Gasteiger partial charge in [0.05, 0.1) is 0 Å². The molecular formula is C21H28N2O. The number of ether oxygens (including phenoxy) is 1.